The predicted octanol–water partition coefficient (Wildman–Crippen LogP) is 4.32. The number of nitrogens with one attached hydrogen (secondary N) is 1. The van der Waals surface area contributed by atoms with Gasteiger partial charge in [-0.3, -0.25) is 4.79 Å². The first kappa shape index (κ1) is 17.4. The van der Waals surface area contributed by atoms with Crippen molar-refractivity contribution in [2.75, 3.05) is 23.8 Å². The number of rotatable bonds is 4. The molecule has 5 nitrogen and oxygen atoms in total. The molecule has 0 saturated carbocycles. The molecule has 1 aliphatic carbocycles. The predicted molar refractivity (Wildman–Crippen MR) is 110 cm³/mol. The van der Waals surface area contributed by atoms with Crippen LogP contribution in [0.5, 0.6) is 0 Å². The SMILES string of the molecule is Cc1ccc(C)c2sc(N(C)CC(=O)Nc3nc4c(s3)CCCC4)nc12. The zero-order valence-electron chi connectivity index (χ0n) is 15.3. The molecular weight excluding hydrogens is 364 g/mol. The fourth-order valence-electron chi connectivity index (χ4n) is 3.26. The van der Waals surface area contributed by atoms with Crippen molar-refractivity contribution in [1.82, 2.24) is 9.97 Å². The number of nitrogens with zero attached hydrogens (tertiary/aromatic N) is 3. The van der Waals surface area contributed by atoms with Crippen molar-refractivity contribution in [3.63, 3.8) is 0 Å². The van der Waals surface area contributed by atoms with Gasteiger partial charge in [-0.2, -0.15) is 0 Å². The average molecular weight is 387 g/mol. The standard InChI is InChI=1S/C19H22N4OS2/c1-11-8-9-12(2)17-16(11)22-19(26-17)23(3)10-15(24)21-18-20-13-6-4-5-7-14(13)25-18/h8-9H,4-7,10H2,1-3H3,(H,20,21,24). The number of carbonyl (C=O) groups excluding carboxylic acids is 1. The van der Waals surface area contributed by atoms with Crippen LogP contribution in [0.4, 0.5) is 10.3 Å². The van der Waals surface area contributed by atoms with Crippen LogP contribution in [0.2, 0.25) is 0 Å². The molecule has 7 heteroatoms. The average Bonchev–Trinajstić information content (AvgIpc) is 3.22. The third kappa shape index (κ3) is 3.33. The molecule has 2 heterocycles. The third-order valence-corrected chi connectivity index (χ3v) is 7.11. The minimum absolute atomic E-state index is 0.0497. The molecule has 0 atom stereocenters. The lowest BCUT2D eigenvalue weighted by molar-refractivity contribution is -0.114. The van der Waals surface area contributed by atoms with Crippen molar-refractivity contribution in [3.8, 4) is 0 Å². The number of hydrogen-bond donors (Lipinski definition) is 1. The molecule has 26 heavy (non-hydrogen) atoms. The molecule has 3 aromatic rings. The maximum atomic E-state index is 12.4. The number of benzene rings is 1. The summed E-state index contributed by atoms with van der Waals surface area (Å²) in [6.45, 7) is 4.44. The van der Waals surface area contributed by atoms with Crippen LogP contribution >= 0.6 is 22.7 Å². The van der Waals surface area contributed by atoms with Gasteiger partial charge in [-0.15, -0.1) is 11.3 Å². The number of amides is 1. The van der Waals surface area contributed by atoms with Crippen molar-refractivity contribution < 1.29 is 4.79 Å². The summed E-state index contributed by atoms with van der Waals surface area (Å²) >= 11 is 3.26. The van der Waals surface area contributed by atoms with Crippen LogP contribution in [-0.2, 0) is 17.6 Å². The Balaban J connectivity index is 1.46. The van der Waals surface area contributed by atoms with Crippen molar-refractivity contribution in [2.45, 2.75) is 39.5 Å². The van der Waals surface area contributed by atoms with Gasteiger partial charge in [0.05, 0.1) is 22.5 Å². The van der Waals surface area contributed by atoms with Gasteiger partial charge in [0.1, 0.15) is 0 Å². The lowest BCUT2D eigenvalue weighted by Gasteiger charge is -2.14. The minimum atomic E-state index is -0.0497. The molecule has 0 bridgehead atoms. The molecule has 0 radical (unpaired) electrons. The van der Waals surface area contributed by atoms with E-state index >= 15 is 0 Å². The molecule has 2 aromatic heterocycles. The zero-order chi connectivity index (χ0) is 18.3. The van der Waals surface area contributed by atoms with Gasteiger partial charge in [0.15, 0.2) is 10.3 Å². The van der Waals surface area contributed by atoms with E-state index in [2.05, 4.69) is 36.3 Å². The highest BCUT2D eigenvalue weighted by atomic mass is 32.1. The highest BCUT2D eigenvalue weighted by Gasteiger charge is 2.18. The summed E-state index contributed by atoms with van der Waals surface area (Å²) in [5, 5.41) is 4.55. The molecule has 1 amide bonds. The van der Waals surface area contributed by atoms with Crippen LogP contribution in [-0.4, -0.2) is 29.5 Å². The topological polar surface area (TPSA) is 58.1 Å². The van der Waals surface area contributed by atoms with Crippen LogP contribution in [0, 0.1) is 13.8 Å². The molecule has 0 saturated heterocycles. The lowest BCUT2D eigenvalue weighted by Crippen LogP contribution is -2.29. The van der Waals surface area contributed by atoms with E-state index in [0.29, 0.717) is 0 Å². The number of carbonyl (C=O) groups is 1. The van der Waals surface area contributed by atoms with Crippen LogP contribution in [0.1, 0.15) is 34.5 Å². The van der Waals surface area contributed by atoms with Crippen molar-refractivity contribution >= 4 is 49.1 Å². The maximum absolute atomic E-state index is 12.4. The number of aryl methyl sites for hydroxylation is 4. The van der Waals surface area contributed by atoms with Gasteiger partial charge in [0.25, 0.3) is 0 Å². The summed E-state index contributed by atoms with van der Waals surface area (Å²) in [7, 11) is 1.91. The fourth-order valence-corrected chi connectivity index (χ4v) is 5.40. The van der Waals surface area contributed by atoms with Gasteiger partial charge in [-0.1, -0.05) is 23.5 Å². The molecular formula is C19H22N4OS2. The van der Waals surface area contributed by atoms with Gasteiger partial charge < -0.3 is 10.2 Å². The van der Waals surface area contributed by atoms with Crippen LogP contribution in [0.25, 0.3) is 10.2 Å². The van der Waals surface area contributed by atoms with Crippen LogP contribution in [0.15, 0.2) is 12.1 Å². The van der Waals surface area contributed by atoms with E-state index in [0.717, 1.165) is 28.6 Å². The number of likely N-dealkylation sites (N-methyl/N-ethyl adjacent to an activating group) is 1. The summed E-state index contributed by atoms with van der Waals surface area (Å²) < 4.78 is 1.19. The summed E-state index contributed by atoms with van der Waals surface area (Å²) in [6, 6.07) is 4.22. The molecule has 0 unspecified atom stereocenters. The Morgan fingerprint density at radius 2 is 1.92 bits per heavy atom. The summed E-state index contributed by atoms with van der Waals surface area (Å²) in [6.07, 6.45) is 4.55. The number of aromatic nitrogens is 2. The van der Waals surface area contributed by atoms with Crippen molar-refractivity contribution in [3.05, 3.63) is 33.8 Å². The van der Waals surface area contributed by atoms with Gasteiger partial charge in [0.2, 0.25) is 5.91 Å². The van der Waals surface area contributed by atoms with E-state index < -0.39 is 0 Å². The molecule has 0 aliphatic heterocycles. The zero-order valence-corrected chi connectivity index (χ0v) is 16.9. The summed E-state index contributed by atoms with van der Waals surface area (Å²) in [5.41, 5.74) is 4.59. The second-order valence-electron chi connectivity index (χ2n) is 6.87. The Labute approximate surface area is 161 Å². The maximum Gasteiger partial charge on any atom is 0.245 e. The van der Waals surface area contributed by atoms with E-state index in [9.17, 15) is 4.79 Å². The molecule has 1 N–H and O–H groups in total. The van der Waals surface area contributed by atoms with Crippen molar-refractivity contribution in [1.29, 1.82) is 0 Å². The molecule has 0 fully saturated rings. The van der Waals surface area contributed by atoms with Crippen LogP contribution in [0.3, 0.4) is 0 Å². The van der Waals surface area contributed by atoms with E-state index in [1.165, 1.54) is 39.2 Å². The lowest BCUT2D eigenvalue weighted by atomic mass is 10.0. The van der Waals surface area contributed by atoms with Gasteiger partial charge in [-0.25, -0.2) is 9.97 Å². The third-order valence-electron chi connectivity index (χ3n) is 4.73. The first-order chi connectivity index (χ1) is 12.5. The first-order valence-corrected chi connectivity index (χ1v) is 10.5. The van der Waals surface area contributed by atoms with E-state index in [-0.39, 0.29) is 12.5 Å². The second-order valence-corrected chi connectivity index (χ2v) is 8.93. The highest BCUT2D eigenvalue weighted by molar-refractivity contribution is 7.22. The van der Waals surface area contributed by atoms with Crippen LogP contribution < -0.4 is 10.2 Å². The molecule has 1 aliphatic rings. The number of fused-ring (bicyclic) bond motifs is 2. The molecule has 136 valence electrons. The monoisotopic (exact) mass is 386 g/mol. The smallest absolute Gasteiger partial charge is 0.245 e. The van der Waals surface area contributed by atoms with Gasteiger partial charge in [0, 0.05) is 11.9 Å². The number of anilines is 2. The second kappa shape index (κ2) is 6.96. The quantitative estimate of drug-likeness (QED) is 0.725. The Bertz CT molecular complexity index is 913. The number of hydrogen-bond acceptors (Lipinski definition) is 6. The largest absolute Gasteiger partial charge is 0.342 e. The highest BCUT2D eigenvalue weighted by Crippen LogP contribution is 2.33. The minimum Gasteiger partial charge on any atom is -0.342 e. The Hall–Kier alpha value is -1.99. The summed E-state index contributed by atoms with van der Waals surface area (Å²) in [5.74, 6) is -0.0497. The van der Waals surface area contributed by atoms with Crippen molar-refractivity contribution in [2.24, 2.45) is 0 Å². The molecule has 1 aromatic carbocycles. The Morgan fingerprint density at radius 3 is 2.69 bits per heavy atom. The summed E-state index contributed by atoms with van der Waals surface area (Å²) in [4.78, 5) is 25.0. The Morgan fingerprint density at radius 1 is 1.15 bits per heavy atom. The van der Waals surface area contributed by atoms with Gasteiger partial charge >= 0.3 is 0 Å². The fraction of sp³-hybridized carbons (Fsp3) is 0.421. The van der Waals surface area contributed by atoms with E-state index in [4.69, 9.17) is 4.98 Å². The Kier molecular flexibility index (Phi) is 4.67. The molecule has 0 spiro atoms. The van der Waals surface area contributed by atoms with Gasteiger partial charge in [-0.05, 0) is 50.7 Å². The molecule has 4 rings (SSSR count). The number of thiazole rings is 2. The van der Waals surface area contributed by atoms with E-state index in [1.807, 2.05) is 11.9 Å². The first-order valence-electron chi connectivity index (χ1n) is 8.87. The van der Waals surface area contributed by atoms with E-state index in [1.54, 1.807) is 22.7 Å². The normalized spacial score (nSPS) is 13.7.